The fourth-order valence-corrected chi connectivity index (χ4v) is 2.90. The summed E-state index contributed by atoms with van der Waals surface area (Å²) < 4.78 is 0. The Morgan fingerprint density at radius 1 is 0.821 bits per heavy atom. The maximum absolute atomic E-state index is 12.6. The van der Waals surface area contributed by atoms with E-state index < -0.39 is 0 Å². The van der Waals surface area contributed by atoms with Gasteiger partial charge < -0.3 is 10.6 Å². The monoisotopic (exact) mass is 374 g/mol. The van der Waals surface area contributed by atoms with Crippen LogP contribution in [0, 0.1) is 20.8 Å². The summed E-state index contributed by atoms with van der Waals surface area (Å²) in [6, 6.07) is 14.4. The molecule has 0 aliphatic rings. The standard InChI is InChI=1S/C22H22N4O2/c1-13-9-14(2)11-19(10-13)25-22-23-15(3)12-20(26-22)21(28)24-18-7-5-17(6-8-18)16(4)27/h5-12H,1-4H3,(H,24,28)(H,23,25,26). The molecule has 0 aliphatic carbocycles. The SMILES string of the molecule is CC(=O)c1ccc(NC(=O)c2cc(C)nc(Nc3cc(C)cc(C)c3)n2)cc1. The van der Waals surface area contributed by atoms with Gasteiger partial charge >= 0.3 is 0 Å². The van der Waals surface area contributed by atoms with E-state index >= 15 is 0 Å². The van der Waals surface area contributed by atoms with Gasteiger partial charge in [-0.25, -0.2) is 9.97 Å². The first-order chi connectivity index (χ1) is 13.3. The molecule has 0 spiro atoms. The molecule has 0 saturated heterocycles. The van der Waals surface area contributed by atoms with Crippen molar-refractivity contribution in [1.82, 2.24) is 9.97 Å². The van der Waals surface area contributed by atoms with Crippen molar-refractivity contribution in [3.8, 4) is 0 Å². The molecule has 0 bridgehead atoms. The van der Waals surface area contributed by atoms with Crippen LogP contribution in [-0.2, 0) is 0 Å². The van der Waals surface area contributed by atoms with Gasteiger partial charge in [0.25, 0.3) is 5.91 Å². The molecule has 1 amide bonds. The molecule has 142 valence electrons. The van der Waals surface area contributed by atoms with Crippen LogP contribution in [0.4, 0.5) is 17.3 Å². The summed E-state index contributed by atoms with van der Waals surface area (Å²) in [5.41, 5.74) is 5.25. The minimum atomic E-state index is -0.343. The number of anilines is 3. The number of nitrogens with one attached hydrogen (secondary N) is 2. The maximum atomic E-state index is 12.6. The van der Waals surface area contributed by atoms with Crippen LogP contribution in [0.25, 0.3) is 0 Å². The highest BCUT2D eigenvalue weighted by molar-refractivity contribution is 6.03. The van der Waals surface area contributed by atoms with E-state index in [1.807, 2.05) is 32.9 Å². The third-order valence-corrected chi connectivity index (χ3v) is 4.11. The third-order valence-electron chi connectivity index (χ3n) is 4.11. The Morgan fingerprint density at radius 3 is 2.07 bits per heavy atom. The number of carbonyl (C=O) groups is 2. The highest BCUT2D eigenvalue weighted by atomic mass is 16.2. The average molecular weight is 374 g/mol. The first-order valence-corrected chi connectivity index (χ1v) is 8.93. The predicted octanol–water partition coefficient (Wildman–Crippen LogP) is 4.60. The number of Topliss-reactive ketones (excluding diaryl/α,β-unsaturated/α-hetero) is 1. The predicted molar refractivity (Wildman–Crippen MR) is 110 cm³/mol. The Bertz CT molecular complexity index is 1020. The number of aryl methyl sites for hydroxylation is 3. The number of hydrogen-bond acceptors (Lipinski definition) is 5. The Labute approximate surface area is 164 Å². The van der Waals surface area contributed by atoms with Crippen LogP contribution in [0.5, 0.6) is 0 Å². The number of hydrogen-bond donors (Lipinski definition) is 2. The van der Waals surface area contributed by atoms with Crippen LogP contribution < -0.4 is 10.6 Å². The molecule has 1 heterocycles. The number of amides is 1. The molecule has 6 nitrogen and oxygen atoms in total. The highest BCUT2D eigenvalue weighted by Gasteiger charge is 2.12. The number of nitrogens with zero attached hydrogens (tertiary/aromatic N) is 2. The summed E-state index contributed by atoms with van der Waals surface area (Å²) in [5.74, 6) is -0.00183. The topological polar surface area (TPSA) is 84.0 Å². The zero-order chi connectivity index (χ0) is 20.3. The number of rotatable bonds is 5. The van der Waals surface area contributed by atoms with Gasteiger partial charge in [-0.1, -0.05) is 6.07 Å². The third kappa shape index (κ3) is 4.79. The van der Waals surface area contributed by atoms with Crippen molar-refractivity contribution in [2.75, 3.05) is 10.6 Å². The molecule has 0 atom stereocenters. The second kappa shape index (κ2) is 8.00. The lowest BCUT2D eigenvalue weighted by atomic mass is 10.1. The zero-order valence-electron chi connectivity index (χ0n) is 16.3. The normalized spacial score (nSPS) is 10.4. The molecule has 0 radical (unpaired) electrons. The van der Waals surface area contributed by atoms with Gasteiger partial charge in [-0.3, -0.25) is 9.59 Å². The molecule has 1 aromatic heterocycles. The molecule has 2 aromatic carbocycles. The summed E-state index contributed by atoms with van der Waals surface area (Å²) in [5, 5.41) is 5.96. The van der Waals surface area contributed by atoms with E-state index in [1.54, 1.807) is 30.3 Å². The van der Waals surface area contributed by atoms with Crippen molar-refractivity contribution in [2.45, 2.75) is 27.7 Å². The van der Waals surface area contributed by atoms with Crippen molar-refractivity contribution in [3.05, 3.63) is 76.6 Å². The molecular formula is C22H22N4O2. The van der Waals surface area contributed by atoms with Crippen LogP contribution in [0.1, 0.15) is 44.6 Å². The Morgan fingerprint density at radius 2 is 1.46 bits per heavy atom. The van der Waals surface area contributed by atoms with Crippen LogP contribution in [-0.4, -0.2) is 21.7 Å². The van der Waals surface area contributed by atoms with Gasteiger partial charge in [0.2, 0.25) is 5.95 Å². The zero-order valence-corrected chi connectivity index (χ0v) is 16.3. The van der Waals surface area contributed by atoms with Gasteiger partial charge in [0, 0.05) is 22.6 Å². The fourth-order valence-electron chi connectivity index (χ4n) is 2.90. The summed E-state index contributed by atoms with van der Waals surface area (Å²) >= 11 is 0. The highest BCUT2D eigenvalue weighted by Crippen LogP contribution is 2.18. The van der Waals surface area contributed by atoms with Crippen molar-refractivity contribution in [2.24, 2.45) is 0 Å². The van der Waals surface area contributed by atoms with Gasteiger partial charge in [0.1, 0.15) is 5.69 Å². The second-order valence-corrected chi connectivity index (χ2v) is 6.81. The van der Waals surface area contributed by atoms with E-state index in [0.29, 0.717) is 22.9 Å². The van der Waals surface area contributed by atoms with Crippen molar-refractivity contribution in [3.63, 3.8) is 0 Å². The van der Waals surface area contributed by atoms with Crippen LogP contribution in [0.2, 0.25) is 0 Å². The summed E-state index contributed by atoms with van der Waals surface area (Å²) in [6.45, 7) is 7.35. The average Bonchev–Trinajstić information content (AvgIpc) is 2.60. The molecule has 3 rings (SSSR count). The van der Waals surface area contributed by atoms with Crippen LogP contribution >= 0.6 is 0 Å². The molecule has 28 heavy (non-hydrogen) atoms. The summed E-state index contributed by atoms with van der Waals surface area (Å²) in [4.78, 5) is 32.7. The molecule has 0 fully saturated rings. The van der Waals surface area contributed by atoms with Gasteiger partial charge in [0.15, 0.2) is 5.78 Å². The maximum Gasteiger partial charge on any atom is 0.274 e. The van der Waals surface area contributed by atoms with E-state index in [-0.39, 0.29) is 17.4 Å². The van der Waals surface area contributed by atoms with E-state index in [4.69, 9.17) is 0 Å². The van der Waals surface area contributed by atoms with Gasteiger partial charge in [-0.15, -0.1) is 0 Å². The first-order valence-electron chi connectivity index (χ1n) is 8.93. The largest absolute Gasteiger partial charge is 0.324 e. The van der Waals surface area contributed by atoms with Gasteiger partial charge in [0.05, 0.1) is 0 Å². The number of aromatic nitrogens is 2. The van der Waals surface area contributed by atoms with Crippen molar-refractivity contribution >= 4 is 29.0 Å². The van der Waals surface area contributed by atoms with E-state index in [2.05, 4.69) is 26.7 Å². The second-order valence-electron chi connectivity index (χ2n) is 6.81. The Hall–Kier alpha value is -3.54. The summed E-state index contributed by atoms with van der Waals surface area (Å²) in [6.07, 6.45) is 0. The molecule has 0 unspecified atom stereocenters. The smallest absolute Gasteiger partial charge is 0.274 e. The van der Waals surface area contributed by atoms with Gasteiger partial charge in [-0.2, -0.15) is 0 Å². The molecule has 0 saturated carbocycles. The number of benzene rings is 2. The first kappa shape index (κ1) is 19.2. The minimum Gasteiger partial charge on any atom is -0.324 e. The lowest BCUT2D eigenvalue weighted by Crippen LogP contribution is -2.15. The molecule has 0 aliphatic heterocycles. The molecule has 2 N–H and O–H groups in total. The van der Waals surface area contributed by atoms with Crippen LogP contribution in [0.15, 0.2) is 48.5 Å². The van der Waals surface area contributed by atoms with Crippen molar-refractivity contribution in [1.29, 1.82) is 0 Å². The number of carbonyl (C=O) groups excluding carboxylic acids is 2. The van der Waals surface area contributed by atoms with E-state index in [9.17, 15) is 9.59 Å². The van der Waals surface area contributed by atoms with Crippen LogP contribution in [0.3, 0.4) is 0 Å². The lowest BCUT2D eigenvalue weighted by molar-refractivity contribution is 0.101. The minimum absolute atomic E-state index is 0.0218. The van der Waals surface area contributed by atoms with Crippen molar-refractivity contribution < 1.29 is 9.59 Å². The Kier molecular flexibility index (Phi) is 5.49. The Balaban J connectivity index is 1.80. The lowest BCUT2D eigenvalue weighted by Gasteiger charge is -2.10. The number of ketones is 1. The molecule has 6 heteroatoms. The van der Waals surface area contributed by atoms with Gasteiger partial charge in [-0.05, 0) is 81.3 Å². The summed E-state index contributed by atoms with van der Waals surface area (Å²) in [7, 11) is 0. The quantitative estimate of drug-likeness (QED) is 0.638. The fraction of sp³-hybridized carbons (Fsp3) is 0.182. The van der Waals surface area contributed by atoms with E-state index in [0.717, 1.165) is 16.8 Å². The molecular weight excluding hydrogens is 352 g/mol. The van der Waals surface area contributed by atoms with E-state index in [1.165, 1.54) is 6.92 Å². The molecule has 3 aromatic rings.